The predicted molar refractivity (Wildman–Crippen MR) is 138 cm³/mol. The lowest BCUT2D eigenvalue weighted by Crippen LogP contribution is -2.50. The molecule has 2 aromatic rings. The highest BCUT2D eigenvalue weighted by atomic mass is 32.2. The van der Waals surface area contributed by atoms with Crippen LogP contribution >= 0.6 is 0 Å². The van der Waals surface area contributed by atoms with Crippen LogP contribution in [0.4, 0.5) is 30.7 Å². The van der Waals surface area contributed by atoms with E-state index in [4.69, 9.17) is 0 Å². The highest BCUT2D eigenvalue weighted by Gasteiger charge is 2.73. The normalized spacial score (nSPS) is 21.2. The first kappa shape index (κ1) is 31.1. The number of hydrogen-bond donors (Lipinski definition) is 0. The van der Waals surface area contributed by atoms with Crippen LogP contribution < -0.4 is 0 Å². The number of carbonyl (C=O) groups is 1. The fourth-order valence-electron chi connectivity index (χ4n) is 5.91. The molecule has 1 saturated carbocycles. The molecule has 2 aromatic carbocycles. The number of carbonyl (C=O) groups excluding carboxylic acids is 1. The number of allylic oxidation sites excluding steroid dienone is 1. The molecule has 12 heteroatoms. The van der Waals surface area contributed by atoms with Crippen molar-refractivity contribution in [1.29, 1.82) is 0 Å². The average Bonchev–Trinajstić information content (AvgIpc) is 3.39. The first-order chi connectivity index (χ1) is 19.1. The number of amides is 1. The minimum Gasteiger partial charge on any atom is -0.340 e. The van der Waals surface area contributed by atoms with Crippen molar-refractivity contribution in [1.82, 2.24) is 4.90 Å². The van der Waals surface area contributed by atoms with Crippen LogP contribution in [-0.2, 0) is 31.5 Å². The van der Waals surface area contributed by atoms with E-state index in [2.05, 4.69) is 6.58 Å². The molecular weight excluding hydrogens is 575 g/mol. The Bertz CT molecular complexity index is 1370. The first-order valence-corrected chi connectivity index (χ1v) is 14.7. The summed E-state index contributed by atoms with van der Waals surface area (Å²) in [7, 11) is -4.36. The molecule has 1 unspecified atom stereocenters. The molecular formula is C29H30F7NO3S. The van der Waals surface area contributed by atoms with Crippen molar-refractivity contribution in [3.63, 3.8) is 0 Å². The van der Waals surface area contributed by atoms with Crippen LogP contribution in [-0.4, -0.2) is 44.7 Å². The minimum absolute atomic E-state index is 0.0286. The Kier molecular flexibility index (Phi) is 8.39. The largest absolute Gasteiger partial charge is 0.435 e. The van der Waals surface area contributed by atoms with Crippen LogP contribution in [0.2, 0.25) is 0 Å². The van der Waals surface area contributed by atoms with E-state index in [1.165, 1.54) is 23.1 Å². The van der Waals surface area contributed by atoms with Crippen molar-refractivity contribution >= 4 is 15.7 Å². The molecule has 0 spiro atoms. The second-order valence-corrected chi connectivity index (χ2v) is 13.0. The summed E-state index contributed by atoms with van der Waals surface area (Å²) in [4.78, 5) is 14.7. The van der Waals surface area contributed by atoms with Crippen molar-refractivity contribution < 1.29 is 43.9 Å². The van der Waals surface area contributed by atoms with Gasteiger partial charge in [-0.3, -0.25) is 4.79 Å². The van der Waals surface area contributed by atoms with Crippen LogP contribution in [0.3, 0.4) is 0 Å². The highest BCUT2D eigenvalue weighted by molar-refractivity contribution is 7.92. The van der Waals surface area contributed by atoms with E-state index in [0.717, 1.165) is 31.4 Å². The monoisotopic (exact) mass is 605 g/mol. The summed E-state index contributed by atoms with van der Waals surface area (Å²) in [6, 6.07) is 8.22. The van der Waals surface area contributed by atoms with Gasteiger partial charge >= 0.3 is 18.0 Å². The van der Waals surface area contributed by atoms with Gasteiger partial charge in [-0.2, -0.15) is 26.3 Å². The lowest BCUT2D eigenvalue weighted by molar-refractivity contribution is -0.348. The van der Waals surface area contributed by atoms with Gasteiger partial charge in [-0.1, -0.05) is 61.7 Å². The van der Waals surface area contributed by atoms with Crippen molar-refractivity contribution in [2.45, 2.75) is 72.6 Å². The van der Waals surface area contributed by atoms with E-state index in [9.17, 15) is 43.9 Å². The van der Waals surface area contributed by atoms with Crippen LogP contribution in [0.5, 0.6) is 0 Å². The van der Waals surface area contributed by atoms with Crippen LogP contribution in [0.1, 0.15) is 55.2 Å². The molecule has 224 valence electrons. The SMILES string of the molecule is C=CCc1cccc(S(=O)(=O)C2(c3ccc(C(F)(C(F)(F)F)C(F)(F)F)cc3)CCN(C(=O)C3CCCCC3)C2)c1. The van der Waals surface area contributed by atoms with Gasteiger partial charge < -0.3 is 4.90 Å². The van der Waals surface area contributed by atoms with E-state index in [-0.39, 0.29) is 41.8 Å². The lowest BCUT2D eigenvalue weighted by Gasteiger charge is -2.33. The van der Waals surface area contributed by atoms with Gasteiger partial charge in [0.2, 0.25) is 5.91 Å². The number of nitrogens with zero attached hydrogens (tertiary/aromatic N) is 1. The maximum absolute atomic E-state index is 14.7. The molecule has 1 saturated heterocycles. The van der Waals surface area contributed by atoms with Gasteiger partial charge in [-0.25, -0.2) is 12.8 Å². The standard InChI is InChI=1S/C29H30F7NO3S/c1-2-7-20-8-6-11-24(18-20)41(39,40)26(16-17-37(19-26)25(38)21-9-4-3-5-10-21)22-12-14-23(15-13-22)27(30,28(31,32)33)29(34,35)36/h2,6,8,11-15,18,21H,1,3-5,7,9-10,16-17,19H2. The van der Waals surface area contributed by atoms with Crippen molar-refractivity contribution in [2.75, 3.05) is 13.1 Å². The summed E-state index contributed by atoms with van der Waals surface area (Å²) in [5, 5.41) is 0. The molecule has 0 N–H and O–H groups in total. The molecule has 0 bridgehead atoms. The van der Waals surface area contributed by atoms with E-state index in [0.29, 0.717) is 37.0 Å². The lowest BCUT2D eigenvalue weighted by atomic mass is 9.88. The van der Waals surface area contributed by atoms with Crippen molar-refractivity contribution in [3.05, 3.63) is 77.9 Å². The maximum atomic E-state index is 14.7. The summed E-state index contributed by atoms with van der Waals surface area (Å²) in [5.41, 5.74) is -6.87. The second-order valence-electron chi connectivity index (χ2n) is 10.7. The van der Waals surface area contributed by atoms with Gasteiger partial charge in [0, 0.05) is 24.6 Å². The molecule has 41 heavy (non-hydrogen) atoms. The number of halogens is 7. The van der Waals surface area contributed by atoms with E-state index in [1.54, 1.807) is 12.1 Å². The molecule has 1 heterocycles. The number of alkyl halides is 7. The average molecular weight is 606 g/mol. The number of hydrogen-bond acceptors (Lipinski definition) is 3. The molecule has 4 nitrogen and oxygen atoms in total. The summed E-state index contributed by atoms with van der Waals surface area (Å²) < 4.78 is 121. The molecule has 0 radical (unpaired) electrons. The third-order valence-electron chi connectivity index (χ3n) is 8.19. The molecule has 1 aliphatic carbocycles. The number of sulfone groups is 1. The molecule has 2 fully saturated rings. The van der Waals surface area contributed by atoms with Crippen LogP contribution in [0, 0.1) is 5.92 Å². The Morgan fingerprint density at radius 1 is 0.951 bits per heavy atom. The second kappa shape index (κ2) is 11.1. The van der Waals surface area contributed by atoms with Gasteiger partial charge in [0.05, 0.1) is 4.90 Å². The third kappa shape index (κ3) is 5.39. The Morgan fingerprint density at radius 3 is 2.12 bits per heavy atom. The Labute approximate surface area is 234 Å². The highest BCUT2D eigenvalue weighted by Crippen LogP contribution is 2.54. The Hall–Kier alpha value is -2.89. The zero-order valence-corrected chi connectivity index (χ0v) is 22.9. The van der Waals surface area contributed by atoms with Gasteiger partial charge in [0.15, 0.2) is 9.84 Å². The van der Waals surface area contributed by atoms with E-state index in [1.807, 2.05) is 0 Å². The summed E-state index contributed by atoms with van der Waals surface area (Å²) in [6.45, 7) is 3.33. The topological polar surface area (TPSA) is 54.5 Å². The van der Waals surface area contributed by atoms with Gasteiger partial charge in [0.1, 0.15) is 4.75 Å². The van der Waals surface area contributed by atoms with Crippen LogP contribution in [0.25, 0.3) is 0 Å². The molecule has 2 aliphatic rings. The van der Waals surface area contributed by atoms with E-state index < -0.39 is 38.2 Å². The third-order valence-corrected chi connectivity index (χ3v) is 10.7. The fourth-order valence-corrected chi connectivity index (χ4v) is 8.06. The quantitative estimate of drug-likeness (QED) is 0.248. The van der Waals surface area contributed by atoms with Crippen molar-refractivity contribution in [2.24, 2.45) is 5.92 Å². The van der Waals surface area contributed by atoms with Crippen LogP contribution in [0.15, 0.2) is 66.1 Å². The molecule has 4 rings (SSSR count). The first-order valence-electron chi connectivity index (χ1n) is 13.2. The maximum Gasteiger partial charge on any atom is 0.435 e. The zero-order valence-electron chi connectivity index (χ0n) is 22.1. The Balaban J connectivity index is 1.82. The molecule has 1 amide bonds. The van der Waals surface area contributed by atoms with Crippen molar-refractivity contribution in [3.8, 4) is 0 Å². The summed E-state index contributed by atoms with van der Waals surface area (Å²) in [5.74, 6) is -0.512. The summed E-state index contributed by atoms with van der Waals surface area (Å²) in [6.07, 6.45) is -6.82. The molecule has 0 aromatic heterocycles. The Morgan fingerprint density at radius 2 is 1.56 bits per heavy atom. The van der Waals surface area contributed by atoms with Gasteiger partial charge in [-0.05, 0) is 48.9 Å². The van der Waals surface area contributed by atoms with Gasteiger partial charge in [0.25, 0.3) is 0 Å². The predicted octanol–water partition coefficient (Wildman–Crippen LogP) is 7.19. The number of benzene rings is 2. The van der Waals surface area contributed by atoms with Gasteiger partial charge in [-0.15, -0.1) is 6.58 Å². The number of rotatable bonds is 7. The van der Waals surface area contributed by atoms with E-state index >= 15 is 0 Å². The zero-order chi connectivity index (χ0) is 30.3. The smallest absolute Gasteiger partial charge is 0.340 e. The molecule has 1 aliphatic heterocycles. The minimum atomic E-state index is -6.31. The summed E-state index contributed by atoms with van der Waals surface area (Å²) >= 11 is 0. The fraction of sp³-hybridized carbons (Fsp3) is 0.483. The number of likely N-dealkylation sites (tertiary alicyclic amines) is 1. The molecule has 1 atom stereocenters.